The zero-order chi connectivity index (χ0) is 9.30. The molecule has 0 radical (unpaired) electrons. The fourth-order valence-corrected chi connectivity index (χ4v) is 2.71. The van der Waals surface area contributed by atoms with Crippen molar-refractivity contribution in [3.05, 3.63) is 0 Å². The molecule has 0 aromatic rings. The maximum absolute atomic E-state index is 10.9. The lowest BCUT2D eigenvalue weighted by molar-refractivity contribution is -0.147. The minimum atomic E-state index is -0.609. The third-order valence-corrected chi connectivity index (χ3v) is 3.06. The van der Waals surface area contributed by atoms with Crippen LogP contribution in [0, 0.1) is 23.7 Å². The molecule has 0 aromatic carbocycles. The van der Waals surface area contributed by atoms with Crippen LogP contribution in [0.3, 0.4) is 0 Å². The minimum Gasteiger partial charge on any atom is -0.481 e. The first-order valence-electron chi connectivity index (χ1n) is 4.75. The fourth-order valence-electron chi connectivity index (χ4n) is 2.71. The molecule has 0 bridgehead atoms. The van der Waals surface area contributed by atoms with Crippen LogP contribution in [0.5, 0.6) is 0 Å². The summed E-state index contributed by atoms with van der Waals surface area (Å²) in [6.45, 7) is 6.33. The highest BCUT2D eigenvalue weighted by Crippen LogP contribution is 2.37. The maximum Gasteiger partial charge on any atom is 0.307 e. The first kappa shape index (κ1) is 9.56. The topological polar surface area (TPSA) is 37.3 Å². The summed E-state index contributed by atoms with van der Waals surface area (Å²) in [4.78, 5) is 10.9. The van der Waals surface area contributed by atoms with Crippen LogP contribution in [0.25, 0.3) is 0 Å². The Labute approximate surface area is 74.0 Å². The third kappa shape index (κ3) is 1.79. The van der Waals surface area contributed by atoms with Gasteiger partial charge in [0, 0.05) is 0 Å². The van der Waals surface area contributed by atoms with Gasteiger partial charge in [-0.25, -0.2) is 0 Å². The van der Waals surface area contributed by atoms with E-state index in [1.165, 1.54) is 0 Å². The molecule has 70 valence electrons. The Hall–Kier alpha value is -0.530. The smallest absolute Gasteiger partial charge is 0.307 e. The van der Waals surface area contributed by atoms with Gasteiger partial charge in [0.25, 0.3) is 0 Å². The van der Waals surface area contributed by atoms with Gasteiger partial charge in [-0.2, -0.15) is 0 Å². The maximum atomic E-state index is 10.9. The Morgan fingerprint density at radius 2 is 1.58 bits per heavy atom. The van der Waals surface area contributed by atoms with Crippen LogP contribution < -0.4 is 0 Å². The molecular formula is C10H18O2. The summed E-state index contributed by atoms with van der Waals surface area (Å²) in [6.07, 6.45) is 2.14. The molecule has 1 fully saturated rings. The van der Waals surface area contributed by atoms with Crippen molar-refractivity contribution in [2.45, 2.75) is 33.6 Å². The molecule has 1 aliphatic carbocycles. The zero-order valence-corrected chi connectivity index (χ0v) is 8.08. The van der Waals surface area contributed by atoms with Crippen molar-refractivity contribution in [1.82, 2.24) is 0 Å². The van der Waals surface area contributed by atoms with Gasteiger partial charge in [-0.05, 0) is 30.6 Å². The number of carboxylic acids is 1. The van der Waals surface area contributed by atoms with Crippen LogP contribution in [0.1, 0.15) is 33.6 Å². The summed E-state index contributed by atoms with van der Waals surface area (Å²) < 4.78 is 0. The Balaban J connectivity index is 2.66. The molecule has 2 unspecified atom stereocenters. The van der Waals surface area contributed by atoms with Crippen LogP contribution in [0.2, 0.25) is 0 Å². The summed E-state index contributed by atoms with van der Waals surface area (Å²) >= 11 is 0. The molecule has 1 aliphatic rings. The van der Waals surface area contributed by atoms with Crippen LogP contribution in [0.4, 0.5) is 0 Å². The van der Waals surface area contributed by atoms with Crippen LogP contribution >= 0.6 is 0 Å². The molecule has 2 nitrogen and oxygen atoms in total. The SMILES string of the molecule is CC1C[C@@H](C)C(C(=O)O)[C@@H](C)C1. The van der Waals surface area contributed by atoms with E-state index in [1.807, 2.05) is 0 Å². The first-order chi connectivity index (χ1) is 5.52. The molecule has 0 saturated heterocycles. The molecule has 1 rings (SSSR count). The molecule has 4 atom stereocenters. The van der Waals surface area contributed by atoms with E-state index < -0.39 is 5.97 Å². The van der Waals surface area contributed by atoms with Crippen molar-refractivity contribution >= 4 is 5.97 Å². The minimum absolute atomic E-state index is 0.110. The number of hydrogen-bond acceptors (Lipinski definition) is 1. The molecule has 0 aliphatic heterocycles. The third-order valence-electron chi connectivity index (χ3n) is 3.06. The number of aliphatic carboxylic acids is 1. The van der Waals surface area contributed by atoms with E-state index in [4.69, 9.17) is 5.11 Å². The van der Waals surface area contributed by atoms with Crippen molar-refractivity contribution in [3.63, 3.8) is 0 Å². The molecular weight excluding hydrogens is 152 g/mol. The highest BCUT2D eigenvalue weighted by molar-refractivity contribution is 5.70. The molecule has 1 N–H and O–H groups in total. The van der Waals surface area contributed by atoms with E-state index in [1.54, 1.807) is 0 Å². The van der Waals surface area contributed by atoms with E-state index in [-0.39, 0.29) is 5.92 Å². The van der Waals surface area contributed by atoms with Gasteiger partial charge < -0.3 is 5.11 Å². The van der Waals surface area contributed by atoms with E-state index in [0.29, 0.717) is 17.8 Å². The van der Waals surface area contributed by atoms with Crippen molar-refractivity contribution < 1.29 is 9.90 Å². The summed E-state index contributed by atoms with van der Waals surface area (Å²) in [7, 11) is 0. The summed E-state index contributed by atoms with van der Waals surface area (Å²) in [6, 6.07) is 0. The van der Waals surface area contributed by atoms with Gasteiger partial charge in [-0.15, -0.1) is 0 Å². The lowest BCUT2D eigenvalue weighted by atomic mass is 9.70. The lowest BCUT2D eigenvalue weighted by Gasteiger charge is -2.35. The normalized spacial score (nSPS) is 42.6. The van der Waals surface area contributed by atoms with Crippen molar-refractivity contribution in [2.75, 3.05) is 0 Å². The number of carbonyl (C=O) groups is 1. The average Bonchev–Trinajstić information content (AvgIpc) is 1.82. The summed E-state index contributed by atoms with van der Waals surface area (Å²) in [5.41, 5.74) is 0. The quantitative estimate of drug-likeness (QED) is 0.656. The van der Waals surface area contributed by atoms with Crippen LogP contribution in [0.15, 0.2) is 0 Å². The Kier molecular flexibility index (Phi) is 2.76. The summed E-state index contributed by atoms with van der Waals surface area (Å²) in [5, 5.41) is 8.97. The molecule has 0 amide bonds. The fraction of sp³-hybridized carbons (Fsp3) is 0.900. The highest BCUT2D eigenvalue weighted by Gasteiger charge is 2.35. The van der Waals surface area contributed by atoms with E-state index in [0.717, 1.165) is 12.8 Å². The Morgan fingerprint density at radius 3 is 1.92 bits per heavy atom. The molecule has 2 heteroatoms. The standard InChI is InChI=1S/C10H18O2/c1-6-4-7(2)9(10(11)12)8(3)5-6/h6-9H,4-5H2,1-3H3,(H,11,12)/t6?,7-,8+,9?. The van der Waals surface area contributed by atoms with Crippen molar-refractivity contribution in [1.29, 1.82) is 0 Å². The van der Waals surface area contributed by atoms with Gasteiger partial charge in [-0.1, -0.05) is 20.8 Å². The monoisotopic (exact) mass is 170 g/mol. The molecule has 1 saturated carbocycles. The molecule has 0 heterocycles. The lowest BCUT2D eigenvalue weighted by Crippen LogP contribution is -2.34. The second-order valence-corrected chi connectivity index (χ2v) is 4.40. The van der Waals surface area contributed by atoms with Crippen LogP contribution in [-0.2, 0) is 4.79 Å². The predicted octanol–water partition coefficient (Wildman–Crippen LogP) is 2.39. The van der Waals surface area contributed by atoms with E-state index in [2.05, 4.69) is 20.8 Å². The first-order valence-corrected chi connectivity index (χ1v) is 4.75. The largest absolute Gasteiger partial charge is 0.481 e. The number of carboxylic acid groups (broad SMARTS) is 1. The summed E-state index contributed by atoms with van der Waals surface area (Å²) in [5.74, 6) is 0.677. The van der Waals surface area contributed by atoms with Gasteiger partial charge in [0.2, 0.25) is 0 Å². The predicted molar refractivity (Wildman–Crippen MR) is 47.9 cm³/mol. The van der Waals surface area contributed by atoms with Gasteiger partial charge in [0.05, 0.1) is 5.92 Å². The highest BCUT2D eigenvalue weighted by atomic mass is 16.4. The van der Waals surface area contributed by atoms with Gasteiger partial charge in [0.1, 0.15) is 0 Å². The van der Waals surface area contributed by atoms with Gasteiger partial charge >= 0.3 is 5.97 Å². The molecule has 0 aromatic heterocycles. The van der Waals surface area contributed by atoms with Crippen molar-refractivity contribution in [2.24, 2.45) is 23.7 Å². The van der Waals surface area contributed by atoms with E-state index in [9.17, 15) is 4.79 Å². The van der Waals surface area contributed by atoms with Gasteiger partial charge in [0.15, 0.2) is 0 Å². The second-order valence-electron chi connectivity index (χ2n) is 4.40. The number of rotatable bonds is 1. The second kappa shape index (κ2) is 3.46. The average molecular weight is 170 g/mol. The van der Waals surface area contributed by atoms with Crippen LogP contribution in [-0.4, -0.2) is 11.1 Å². The Bertz CT molecular complexity index is 165. The number of hydrogen-bond donors (Lipinski definition) is 1. The Morgan fingerprint density at radius 1 is 1.17 bits per heavy atom. The van der Waals surface area contributed by atoms with E-state index >= 15 is 0 Å². The van der Waals surface area contributed by atoms with Gasteiger partial charge in [-0.3, -0.25) is 4.79 Å². The van der Waals surface area contributed by atoms with Crippen molar-refractivity contribution in [3.8, 4) is 0 Å². The zero-order valence-electron chi connectivity index (χ0n) is 8.08. The molecule has 0 spiro atoms. The molecule has 12 heavy (non-hydrogen) atoms.